The van der Waals surface area contributed by atoms with Crippen molar-refractivity contribution in [2.75, 3.05) is 31.9 Å². The van der Waals surface area contributed by atoms with E-state index >= 15 is 0 Å². The normalized spacial score (nSPS) is 17.7. The summed E-state index contributed by atoms with van der Waals surface area (Å²) in [7, 11) is -1.87. The predicted molar refractivity (Wildman–Crippen MR) is 133 cm³/mol. The van der Waals surface area contributed by atoms with Crippen LogP contribution in [-0.4, -0.2) is 93.9 Å². The number of amides is 5. The van der Waals surface area contributed by atoms with Crippen LogP contribution in [0.25, 0.3) is 0 Å². The van der Waals surface area contributed by atoms with Gasteiger partial charge in [0.2, 0.25) is 11.0 Å². The molecule has 0 radical (unpaired) electrons. The Bertz CT molecular complexity index is 1390. The van der Waals surface area contributed by atoms with Crippen molar-refractivity contribution in [3.05, 3.63) is 39.9 Å². The minimum atomic E-state index is -1.89. The maximum Gasteiger partial charge on any atom is 0.547 e. The summed E-state index contributed by atoms with van der Waals surface area (Å²) in [5, 5.41) is 22.9. The first kappa shape index (κ1) is 28.6. The number of imide groups is 1. The van der Waals surface area contributed by atoms with Crippen LogP contribution in [0.1, 0.15) is 27.7 Å². The molecule has 4 rings (SSSR count). The molecule has 0 spiro atoms. The van der Waals surface area contributed by atoms with Crippen LogP contribution in [0, 0.1) is 10.9 Å². The number of carbonyl (C=O) groups is 5. The monoisotopic (exact) mass is 581 g/mol. The molecule has 0 bridgehead atoms. The maximum absolute atomic E-state index is 14.6. The molecule has 40 heavy (non-hydrogen) atoms. The highest BCUT2D eigenvalue weighted by atomic mass is 32.1. The SMILES string of the molecule is NCCN1CCN(C(=O)NC(C(=O)N[C@H]2Cc3ccc(F)c(C(=O)O)c3OB2O)c2nc(N)sc2F)C(=O)C1=O. The first-order valence-corrected chi connectivity index (χ1v) is 12.5. The van der Waals surface area contributed by atoms with E-state index in [1.807, 2.05) is 0 Å². The summed E-state index contributed by atoms with van der Waals surface area (Å²) in [5.74, 6) is -7.73. The summed E-state index contributed by atoms with van der Waals surface area (Å²) in [4.78, 5) is 67.9. The Morgan fingerprint density at radius 1 is 1.25 bits per heavy atom. The molecule has 2 aliphatic heterocycles. The molecule has 2 atom stereocenters. The number of hydrogen-bond acceptors (Lipinski definition) is 11. The van der Waals surface area contributed by atoms with Crippen molar-refractivity contribution in [1.82, 2.24) is 25.4 Å². The van der Waals surface area contributed by atoms with Crippen LogP contribution in [0.5, 0.6) is 5.75 Å². The molecule has 1 unspecified atom stereocenters. The number of hydrogen-bond donors (Lipinski definition) is 6. The molecule has 8 N–H and O–H groups in total. The molecule has 212 valence electrons. The largest absolute Gasteiger partial charge is 0.547 e. The highest BCUT2D eigenvalue weighted by Gasteiger charge is 2.42. The second-order valence-corrected chi connectivity index (χ2v) is 9.66. The molecule has 0 aliphatic carbocycles. The molecular formula is C21H22BF2N7O8S. The molecule has 19 heteroatoms. The number of nitrogens with one attached hydrogen (secondary N) is 2. The van der Waals surface area contributed by atoms with Crippen molar-refractivity contribution < 1.29 is 47.5 Å². The fraction of sp³-hybridized carbons (Fsp3) is 0.333. The summed E-state index contributed by atoms with van der Waals surface area (Å²) in [6, 6.07) is -1.01. The number of nitrogen functional groups attached to an aromatic ring is 1. The molecule has 15 nitrogen and oxygen atoms in total. The number of fused-ring (bicyclic) bond motifs is 1. The van der Waals surface area contributed by atoms with Gasteiger partial charge in [0, 0.05) is 26.2 Å². The van der Waals surface area contributed by atoms with Crippen molar-refractivity contribution in [3.63, 3.8) is 0 Å². The zero-order chi connectivity index (χ0) is 29.3. The van der Waals surface area contributed by atoms with Crippen LogP contribution in [0.15, 0.2) is 12.1 Å². The van der Waals surface area contributed by atoms with Gasteiger partial charge >= 0.3 is 30.9 Å². The number of thiazole rings is 1. The number of nitrogens with two attached hydrogens (primary N) is 2. The maximum atomic E-state index is 14.6. The number of carboxylic acid groups (broad SMARTS) is 1. The Balaban J connectivity index is 1.56. The number of urea groups is 1. The molecule has 2 aromatic rings. The van der Waals surface area contributed by atoms with Gasteiger partial charge in [-0.3, -0.25) is 19.3 Å². The quantitative estimate of drug-likeness (QED) is 0.158. The topological polar surface area (TPSA) is 231 Å². The number of carboxylic acids is 1. The zero-order valence-electron chi connectivity index (χ0n) is 20.4. The van der Waals surface area contributed by atoms with Crippen molar-refractivity contribution in [3.8, 4) is 5.75 Å². The van der Waals surface area contributed by atoms with Gasteiger partial charge in [-0.1, -0.05) is 17.4 Å². The van der Waals surface area contributed by atoms with E-state index in [0.29, 0.717) is 16.2 Å². The van der Waals surface area contributed by atoms with Crippen molar-refractivity contribution in [2.24, 2.45) is 5.73 Å². The van der Waals surface area contributed by atoms with E-state index in [9.17, 15) is 42.9 Å². The predicted octanol–water partition coefficient (Wildman–Crippen LogP) is -1.78. The van der Waals surface area contributed by atoms with Gasteiger partial charge in [-0.25, -0.2) is 19.0 Å². The number of halogens is 2. The number of rotatable bonds is 7. The average molecular weight is 581 g/mol. The molecule has 3 heterocycles. The number of benzene rings is 1. The number of carbonyl (C=O) groups excluding carboxylic acids is 4. The Morgan fingerprint density at radius 2 is 1.98 bits per heavy atom. The second-order valence-electron chi connectivity index (χ2n) is 8.67. The van der Waals surface area contributed by atoms with Gasteiger partial charge in [0.25, 0.3) is 0 Å². The van der Waals surface area contributed by atoms with Crippen LogP contribution in [0.3, 0.4) is 0 Å². The molecule has 1 saturated heterocycles. The summed E-state index contributed by atoms with van der Waals surface area (Å²) >= 11 is 0.378. The van der Waals surface area contributed by atoms with Gasteiger partial charge in [0.15, 0.2) is 11.2 Å². The van der Waals surface area contributed by atoms with E-state index in [1.54, 1.807) is 0 Å². The first-order valence-electron chi connectivity index (χ1n) is 11.7. The first-order chi connectivity index (χ1) is 18.9. The van der Waals surface area contributed by atoms with Gasteiger partial charge in [-0.2, -0.15) is 4.39 Å². The average Bonchev–Trinajstić information content (AvgIpc) is 3.22. The number of anilines is 1. The molecule has 1 aromatic carbocycles. The molecule has 5 amide bonds. The lowest BCUT2D eigenvalue weighted by molar-refractivity contribution is -0.153. The van der Waals surface area contributed by atoms with Gasteiger partial charge in [0.1, 0.15) is 22.8 Å². The molecule has 0 saturated carbocycles. The van der Waals surface area contributed by atoms with Crippen molar-refractivity contribution in [2.45, 2.75) is 18.4 Å². The second kappa shape index (κ2) is 11.4. The fourth-order valence-electron chi connectivity index (χ4n) is 4.23. The van der Waals surface area contributed by atoms with E-state index in [0.717, 1.165) is 11.0 Å². The number of aromatic nitrogens is 1. The third-order valence-electron chi connectivity index (χ3n) is 6.14. The summed E-state index contributed by atoms with van der Waals surface area (Å²) < 4.78 is 33.8. The Hall–Kier alpha value is -4.36. The minimum absolute atomic E-state index is 0.0198. The summed E-state index contributed by atoms with van der Waals surface area (Å²) in [6.45, 7) is -0.0789. The third kappa shape index (κ3) is 5.51. The van der Waals surface area contributed by atoms with Gasteiger partial charge in [0.05, 0.1) is 5.94 Å². The van der Waals surface area contributed by atoms with Gasteiger partial charge in [-0.05, 0) is 18.1 Å². The number of aromatic carboxylic acids is 1. The van der Waals surface area contributed by atoms with E-state index in [1.165, 1.54) is 6.07 Å². The van der Waals surface area contributed by atoms with E-state index < -0.39 is 76.8 Å². The molecular weight excluding hydrogens is 559 g/mol. The Morgan fingerprint density at radius 3 is 2.60 bits per heavy atom. The van der Waals surface area contributed by atoms with Crippen LogP contribution in [-0.2, 0) is 20.8 Å². The lowest BCUT2D eigenvalue weighted by Crippen LogP contribution is -2.60. The van der Waals surface area contributed by atoms with E-state index in [-0.39, 0.29) is 43.3 Å². The van der Waals surface area contributed by atoms with Crippen molar-refractivity contribution >= 4 is 53.3 Å². The van der Waals surface area contributed by atoms with Crippen LogP contribution in [0.4, 0.5) is 18.7 Å². The standard InChI is InChI=1S/C21H22BF2N7O8S/c23-9-2-1-8-7-10(22(38)39-14(8)11(9)19(35)36)27-16(32)13(12-15(24)40-20(26)28-12)29-21(37)31-6-5-30(4-3-25)17(33)18(31)34/h1-2,10,13,38H,3-7,25H2,(H2,26,28)(H,27,32)(H,29,37)(H,35,36)/t10-,13?/m0/s1. The Labute approximate surface area is 228 Å². The summed E-state index contributed by atoms with van der Waals surface area (Å²) in [6.07, 6.45) is -0.235. The minimum Gasteiger partial charge on any atom is -0.534 e. The lowest BCUT2D eigenvalue weighted by atomic mass is 9.72. The molecule has 1 aromatic heterocycles. The van der Waals surface area contributed by atoms with Crippen LogP contribution < -0.4 is 26.8 Å². The van der Waals surface area contributed by atoms with Crippen LogP contribution >= 0.6 is 11.3 Å². The van der Waals surface area contributed by atoms with Crippen LogP contribution in [0.2, 0.25) is 0 Å². The fourth-order valence-corrected chi connectivity index (χ4v) is 4.83. The third-order valence-corrected chi connectivity index (χ3v) is 6.82. The Kier molecular flexibility index (Phi) is 8.17. The zero-order valence-corrected chi connectivity index (χ0v) is 21.2. The smallest absolute Gasteiger partial charge is 0.534 e. The van der Waals surface area contributed by atoms with Gasteiger partial charge < -0.3 is 41.8 Å². The number of piperazine rings is 1. The highest BCUT2D eigenvalue weighted by molar-refractivity contribution is 7.13. The van der Waals surface area contributed by atoms with E-state index in [2.05, 4.69) is 15.6 Å². The van der Waals surface area contributed by atoms with Gasteiger partial charge in [-0.15, -0.1) is 0 Å². The molecule has 1 fully saturated rings. The number of nitrogens with zero attached hydrogens (tertiary/aromatic N) is 3. The van der Waals surface area contributed by atoms with E-state index in [4.69, 9.17) is 16.1 Å². The summed E-state index contributed by atoms with van der Waals surface area (Å²) in [5.41, 5.74) is 9.69. The van der Waals surface area contributed by atoms with Crippen molar-refractivity contribution in [1.29, 1.82) is 0 Å². The lowest BCUT2D eigenvalue weighted by Gasteiger charge is -2.33. The highest BCUT2D eigenvalue weighted by Crippen LogP contribution is 2.32. The molecule has 2 aliphatic rings.